The van der Waals surface area contributed by atoms with Crippen LogP contribution in [-0.2, 0) is 6.54 Å². The Morgan fingerprint density at radius 1 is 1.15 bits per heavy atom. The van der Waals surface area contributed by atoms with Gasteiger partial charge in [-0.2, -0.15) is 0 Å². The van der Waals surface area contributed by atoms with Crippen molar-refractivity contribution >= 4 is 17.2 Å². The van der Waals surface area contributed by atoms with Crippen LogP contribution in [0, 0.1) is 5.82 Å². The topological polar surface area (TPSA) is 50.7 Å². The molecule has 0 amide bonds. The summed E-state index contributed by atoms with van der Waals surface area (Å²) in [7, 11) is 0. The van der Waals surface area contributed by atoms with Crippen LogP contribution < -0.4 is 5.32 Å². The van der Waals surface area contributed by atoms with E-state index < -0.39 is 0 Å². The van der Waals surface area contributed by atoms with E-state index in [0.29, 0.717) is 12.4 Å². The smallest absolute Gasteiger partial charge is 0.144 e. The fraction of sp³-hybridized carbons (Fsp3) is 0.0714. The van der Waals surface area contributed by atoms with E-state index in [1.165, 1.54) is 12.1 Å². The molecule has 0 fully saturated rings. The van der Waals surface area contributed by atoms with Gasteiger partial charge >= 0.3 is 0 Å². The average molecular weight is 286 g/mol. The van der Waals surface area contributed by atoms with Crippen LogP contribution in [0.3, 0.4) is 0 Å². The maximum atomic E-state index is 12.9. The first kappa shape index (κ1) is 12.7. The van der Waals surface area contributed by atoms with E-state index in [0.717, 1.165) is 16.3 Å². The second-order valence-corrected chi connectivity index (χ2v) is 5.02. The summed E-state index contributed by atoms with van der Waals surface area (Å²) in [6.07, 6.45) is 4.92. The summed E-state index contributed by atoms with van der Waals surface area (Å²) in [5.74, 6) is 0.472. The first-order chi connectivity index (χ1) is 9.81. The lowest BCUT2D eigenvalue weighted by Crippen LogP contribution is -2.00. The molecule has 0 saturated carbocycles. The van der Waals surface area contributed by atoms with Crippen molar-refractivity contribution in [1.29, 1.82) is 0 Å². The van der Waals surface area contributed by atoms with Gasteiger partial charge in [0, 0.05) is 23.3 Å². The third kappa shape index (κ3) is 2.97. The highest BCUT2D eigenvalue weighted by molar-refractivity contribution is 7.09. The van der Waals surface area contributed by atoms with E-state index in [4.69, 9.17) is 0 Å². The predicted molar refractivity (Wildman–Crippen MR) is 76.9 cm³/mol. The monoisotopic (exact) mass is 286 g/mol. The maximum absolute atomic E-state index is 12.9. The van der Waals surface area contributed by atoms with Crippen molar-refractivity contribution in [2.45, 2.75) is 6.54 Å². The highest BCUT2D eigenvalue weighted by Crippen LogP contribution is 2.22. The second kappa shape index (κ2) is 5.75. The molecule has 2 aromatic heterocycles. The highest BCUT2D eigenvalue weighted by atomic mass is 32.1. The maximum Gasteiger partial charge on any atom is 0.144 e. The molecule has 3 aromatic rings. The zero-order chi connectivity index (χ0) is 13.8. The molecule has 20 heavy (non-hydrogen) atoms. The number of hydrogen-bond acceptors (Lipinski definition) is 5. The van der Waals surface area contributed by atoms with Gasteiger partial charge in [-0.3, -0.25) is 4.98 Å². The molecule has 0 aliphatic carbocycles. The van der Waals surface area contributed by atoms with Gasteiger partial charge < -0.3 is 5.32 Å². The molecule has 2 heterocycles. The largest absolute Gasteiger partial charge is 0.362 e. The Bertz CT molecular complexity index is 682. The van der Waals surface area contributed by atoms with Crippen LogP contribution in [0.1, 0.15) is 5.01 Å². The zero-order valence-electron chi connectivity index (χ0n) is 10.5. The molecule has 1 aromatic carbocycles. The number of aromatic nitrogens is 3. The number of anilines is 1. The zero-order valence-corrected chi connectivity index (χ0v) is 11.3. The fourth-order valence-corrected chi connectivity index (χ4v) is 2.44. The van der Waals surface area contributed by atoms with Crippen molar-refractivity contribution in [3.63, 3.8) is 0 Å². The molecule has 0 aliphatic rings. The van der Waals surface area contributed by atoms with Crippen molar-refractivity contribution in [2.75, 3.05) is 5.32 Å². The molecular weight excluding hydrogens is 275 g/mol. The van der Waals surface area contributed by atoms with Crippen LogP contribution in [0.5, 0.6) is 0 Å². The van der Waals surface area contributed by atoms with E-state index in [1.54, 1.807) is 42.1 Å². The van der Waals surface area contributed by atoms with Crippen LogP contribution in [0.2, 0.25) is 0 Å². The first-order valence-corrected chi connectivity index (χ1v) is 6.89. The SMILES string of the molecule is Fc1ccc(-c2csc(CNc3cnccn3)n2)cc1. The third-order valence-electron chi connectivity index (χ3n) is 2.68. The summed E-state index contributed by atoms with van der Waals surface area (Å²) >= 11 is 1.55. The number of nitrogens with one attached hydrogen (secondary N) is 1. The molecule has 0 aliphatic heterocycles. The normalized spacial score (nSPS) is 10.4. The Morgan fingerprint density at radius 2 is 2.00 bits per heavy atom. The van der Waals surface area contributed by atoms with Gasteiger partial charge in [0.05, 0.1) is 18.4 Å². The summed E-state index contributed by atoms with van der Waals surface area (Å²) in [6, 6.07) is 6.33. The van der Waals surface area contributed by atoms with Crippen molar-refractivity contribution in [3.8, 4) is 11.3 Å². The Kier molecular flexibility index (Phi) is 3.64. The lowest BCUT2D eigenvalue weighted by Gasteiger charge is -2.01. The highest BCUT2D eigenvalue weighted by Gasteiger charge is 2.05. The Balaban J connectivity index is 1.69. The third-order valence-corrected chi connectivity index (χ3v) is 3.52. The van der Waals surface area contributed by atoms with Crippen molar-refractivity contribution in [2.24, 2.45) is 0 Å². The van der Waals surface area contributed by atoms with Crippen LogP contribution in [0.25, 0.3) is 11.3 Å². The molecule has 0 radical (unpaired) electrons. The minimum absolute atomic E-state index is 0.242. The summed E-state index contributed by atoms with van der Waals surface area (Å²) in [5.41, 5.74) is 1.76. The standard InChI is InChI=1S/C14H11FN4S/c15-11-3-1-10(2-4-11)12-9-20-14(19-12)8-18-13-7-16-5-6-17-13/h1-7,9H,8H2,(H,17,18). The Hall–Kier alpha value is -2.34. The lowest BCUT2D eigenvalue weighted by molar-refractivity contribution is 0.628. The van der Waals surface area contributed by atoms with Gasteiger partial charge in [0.1, 0.15) is 16.6 Å². The molecule has 0 spiro atoms. The van der Waals surface area contributed by atoms with Gasteiger partial charge in [-0.15, -0.1) is 11.3 Å². The fourth-order valence-electron chi connectivity index (χ4n) is 1.70. The molecule has 100 valence electrons. The van der Waals surface area contributed by atoms with Crippen molar-refractivity contribution in [1.82, 2.24) is 15.0 Å². The number of thiazole rings is 1. The van der Waals surface area contributed by atoms with Crippen LogP contribution >= 0.6 is 11.3 Å². The number of benzene rings is 1. The van der Waals surface area contributed by atoms with Gasteiger partial charge in [-0.05, 0) is 24.3 Å². The average Bonchev–Trinajstić information content (AvgIpc) is 2.96. The lowest BCUT2D eigenvalue weighted by atomic mass is 10.2. The molecule has 0 saturated heterocycles. The number of halogens is 1. The minimum atomic E-state index is -0.242. The molecular formula is C14H11FN4S. The van der Waals surface area contributed by atoms with Gasteiger partial charge in [-0.1, -0.05) is 0 Å². The van der Waals surface area contributed by atoms with Crippen molar-refractivity contribution in [3.05, 3.63) is 59.1 Å². The summed E-state index contributed by atoms with van der Waals surface area (Å²) < 4.78 is 12.9. The molecule has 0 atom stereocenters. The first-order valence-electron chi connectivity index (χ1n) is 6.01. The van der Waals surface area contributed by atoms with E-state index in [-0.39, 0.29) is 5.82 Å². The van der Waals surface area contributed by atoms with Crippen LogP contribution in [0.4, 0.5) is 10.2 Å². The molecule has 1 N–H and O–H groups in total. The number of rotatable bonds is 4. The summed E-state index contributed by atoms with van der Waals surface area (Å²) in [4.78, 5) is 12.6. The Labute approximate surface area is 119 Å². The van der Waals surface area contributed by atoms with Gasteiger partial charge in [0.2, 0.25) is 0 Å². The Morgan fingerprint density at radius 3 is 2.75 bits per heavy atom. The molecule has 3 rings (SSSR count). The van der Waals surface area contributed by atoms with Gasteiger partial charge in [0.15, 0.2) is 0 Å². The van der Waals surface area contributed by atoms with Crippen LogP contribution in [-0.4, -0.2) is 15.0 Å². The van der Waals surface area contributed by atoms with E-state index in [2.05, 4.69) is 20.3 Å². The quantitative estimate of drug-likeness (QED) is 0.799. The summed E-state index contributed by atoms with van der Waals surface area (Å²) in [5, 5.41) is 6.05. The molecule has 0 bridgehead atoms. The minimum Gasteiger partial charge on any atom is -0.362 e. The van der Waals surface area contributed by atoms with Gasteiger partial charge in [-0.25, -0.2) is 14.4 Å². The van der Waals surface area contributed by atoms with Gasteiger partial charge in [0.25, 0.3) is 0 Å². The van der Waals surface area contributed by atoms with Crippen molar-refractivity contribution < 1.29 is 4.39 Å². The van der Waals surface area contributed by atoms with Crippen LogP contribution in [0.15, 0.2) is 48.2 Å². The molecule has 6 heteroatoms. The number of nitrogens with zero attached hydrogens (tertiary/aromatic N) is 3. The molecule has 0 unspecified atom stereocenters. The predicted octanol–water partition coefficient (Wildman–Crippen LogP) is 3.35. The second-order valence-electron chi connectivity index (χ2n) is 4.08. The van der Waals surface area contributed by atoms with E-state index in [1.807, 2.05) is 5.38 Å². The van der Waals surface area contributed by atoms with E-state index in [9.17, 15) is 4.39 Å². The molecule has 4 nitrogen and oxygen atoms in total. The number of hydrogen-bond donors (Lipinski definition) is 1. The summed E-state index contributed by atoms with van der Waals surface area (Å²) in [6.45, 7) is 0.588. The van der Waals surface area contributed by atoms with E-state index >= 15 is 0 Å².